The number of anilines is 1. The average Bonchev–Trinajstić information content (AvgIpc) is 2.73. The third-order valence-electron chi connectivity index (χ3n) is 4.35. The Morgan fingerprint density at radius 3 is 2.47 bits per heavy atom. The molecule has 0 aliphatic heterocycles. The van der Waals surface area contributed by atoms with Crippen molar-refractivity contribution < 1.29 is 19.2 Å². The van der Waals surface area contributed by atoms with Crippen molar-refractivity contribution in [3.63, 3.8) is 0 Å². The lowest BCUT2D eigenvalue weighted by atomic mass is 10.1. The Hall–Kier alpha value is -4.14. The zero-order chi connectivity index (χ0) is 21.7. The Morgan fingerprint density at radius 1 is 1.07 bits per heavy atom. The molecule has 3 aromatic rings. The number of azo groups is 1. The van der Waals surface area contributed by atoms with E-state index in [9.17, 15) is 19.7 Å². The van der Waals surface area contributed by atoms with E-state index in [2.05, 4.69) is 15.5 Å². The molecule has 0 bridgehead atoms. The van der Waals surface area contributed by atoms with Crippen LogP contribution in [0.2, 0.25) is 0 Å². The quantitative estimate of drug-likeness (QED) is 0.269. The van der Waals surface area contributed by atoms with Crippen LogP contribution in [0.3, 0.4) is 0 Å². The summed E-state index contributed by atoms with van der Waals surface area (Å²) < 4.78 is 5.18. The number of carbonyl (C=O) groups is 2. The van der Waals surface area contributed by atoms with Crippen LogP contribution in [0.5, 0.6) is 5.75 Å². The number of hydrogen-bond donors (Lipinski definition) is 1. The third kappa shape index (κ3) is 4.30. The summed E-state index contributed by atoms with van der Waals surface area (Å²) in [6, 6.07) is 15.1. The fraction of sp³-hybridized carbons (Fsp3) is 0.143. The highest BCUT2D eigenvalue weighted by Crippen LogP contribution is 2.36. The Morgan fingerprint density at radius 2 is 1.77 bits per heavy atom. The maximum Gasteiger partial charge on any atom is 0.297 e. The van der Waals surface area contributed by atoms with E-state index in [1.807, 2.05) is 0 Å². The van der Waals surface area contributed by atoms with Crippen LogP contribution in [0.1, 0.15) is 6.92 Å². The van der Waals surface area contributed by atoms with Crippen molar-refractivity contribution in [1.82, 2.24) is 0 Å². The fourth-order valence-corrected chi connectivity index (χ4v) is 2.88. The van der Waals surface area contributed by atoms with Crippen LogP contribution in [-0.4, -0.2) is 29.8 Å². The van der Waals surface area contributed by atoms with Crippen LogP contribution in [0.15, 0.2) is 70.9 Å². The number of ether oxygens (including phenoxy) is 1. The van der Waals surface area contributed by atoms with Crippen molar-refractivity contribution in [2.45, 2.75) is 13.0 Å². The maximum atomic E-state index is 12.7. The molecular weight excluding hydrogens is 388 g/mol. The van der Waals surface area contributed by atoms with Crippen LogP contribution < -0.4 is 10.1 Å². The van der Waals surface area contributed by atoms with Gasteiger partial charge in [-0.2, -0.15) is 5.11 Å². The van der Waals surface area contributed by atoms with E-state index in [-0.39, 0.29) is 11.4 Å². The van der Waals surface area contributed by atoms with Gasteiger partial charge in [0, 0.05) is 11.5 Å². The molecule has 0 saturated carbocycles. The van der Waals surface area contributed by atoms with Gasteiger partial charge in [-0.05, 0) is 30.5 Å². The normalized spacial score (nSPS) is 11.9. The predicted molar refractivity (Wildman–Crippen MR) is 111 cm³/mol. The molecule has 1 atom stereocenters. The van der Waals surface area contributed by atoms with E-state index >= 15 is 0 Å². The van der Waals surface area contributed by atoms with Crippen LogP contribution in [-0.2, 0) is 9.59 Å². The molecule has 0 aliphatic rings. The van der Waals surface area contributed by atoms with Gasteiger partial charge in [-0.15, -0.1) is 5.11 Å². The lowest BCUT2D eigenvalue weighted by Crippen LogP contribution is -2.31. The molecule has 9 nitrogen and oxygen atoms in total. The van der Waals surface area contributed by atoms with Gasteiger partial charge in [0.2, 0.25) is 6.04 Å². The number of ketones is 1. The van der Waals surface area contributed by atoms with E-state index in [1.54, 1.807) is 54.6 Å². The molecule has 3 aromatic carbocycles. The second kappa shape index (κ2) is 8.91. The monoisotopic (exact) mass is 406 g/mol. The highest BCUT2D eigenvalue weighted by molar-refractivity contribution is 6.10. The van der Waals surface area contributed by atoms with Crippen LogP contribution in [0.25, 0.3) is 10.8 Å². The zero-order valence-corrected chi connectivity index (χ0v) is 16.2. The van der Waals surface area contributed by atoms with Gasteiger partial charge >= 0.3 is 0 Å². The SMILES string of the molecule is COc1ccccc1NC(=O)C(N=Nc1c([N+](=O)[O-])ccc2ccccc12)C(C)=O. The van der Waals surface area contributed by atoms with Gasteiger partial charge in [0.05, 0.1) is 17.7 Å². The summed E-state index contributed by atoms with van der Waals surface area (Å²) in [4.78, 5) is 35.6. The van der Waals surface area contributed by atoms with Crippen molar-refractivity contribution in [2.75, 3.05) is 12.4 Å². The molecule has 1 amide bonds. The number of benzene rings is 3. The number of nitro benzene ring substituents is 1. The van der Waals surface area contributed by atoms with Crippen LogP contribution >= 0.6 is 0 Å². The number of methoxy groups -OCH3 is 1. The van der Waals surface area contributed by atoms with Crippen LogP contribution in [0.4, 0.5) is 17.1 Å². The highest BCUT2D eigenvalue weighted by Gasteiger charge is 2.25. The minimum Gasteiger partial charge on any atom is -0.495 e. The topological polar surface area (TPSA) is 123 Å². The number of nitrogens with one attached hydrogen (secondary N) is 1. The summed E-state index contributed by atoms with van der Waals surface area (Å²) in [5.41, 5.74) is 0.0712. The lowest BCUT2D eigenvalue weighted by molar-refractivity contribution is -0.384. The molecule has 0 heterocycles. The molecule has 3 rings (SSSR count). The van der Waals surface area contributed by atoms with Gasteiger partial charge in [0.1, 0.15) is 5.75 Å². The molecule has 30 heavy (non-hydrogen) atoms. The minimum atomic E-state index is -1.48. The van der Waals surface area contributed by atoms with E-state index in [4.69, 9.17) is 4.74 Å². The summed E-state index contributed by atoms with van der Waals surface area (Å²) in [6.45, 7) is 1.20. The van der Waals surface area contributed by atoms with E-state index < -0.39 is 22.7 Å². The van der Waals surface area contributed by atoms with E-state index in [0.717, 1.165) is 5.39 Å². The van der Waals surface area contributed by atoms with Crippen molar-refractivity contribution in [1.29, 1.82) is 0 Å². The van der Waals surface area contributed by atoms with Crippen molar-refractivity contribution in [2.24, 2.45) is 10.2 Å². The Bertz CT molecular complexity index is 1160. The molecule has 152 valence electrons. The smallest absolute Gasteiger partial charge is 0.297 e. The number of nitrogens with zero attached hydrogens (tertiary/aromatic N) is 3. The molecule has 1 N–H and O–H groups in total. The second-order valence-electron chi connectivity index (χ2n) is 6.33. The zero-order valence-electron chi connectivity index (χ0n) is 16.2. The molecule has 0 fully saturated rings. The number of hydrogen-bond acceptors (Lipinski definition) is 7. The molecular formula is C21H18N4O5. The van der Waals surface area contributed by atoms with Gasteiger partial charge in [0.25, 0.3) is 11.6 Å². The summed E-state index contributed by atoms with van der Waals surface area (Å²) in [5, 5.41) is 23.0. The molecule has 0 radical (unpaired) electrons. The summed E-state index contributed by atoms with van der Waals surface area (Å²) in [6.07, 6.45) is 0. The van der Waals surface area contributed by atoms with Gasteiger partial charge in [-0.1, -0.05) is 36.4 Å². The Labute approximate surface area is 171 Å². The summed E-state index contributed by atoms with van der Waals surface area (Å²) >= 11 is 0. The number of nitro groups is 1. The van der Waals surface area contributed by atoms with Crippen molar-refractivity contribution >= 4 is 39.5 Å². The first-order chi connectivity index (χ1) is 14.4. The largest absolute Gasteiger partial charge is 0.495 e. The van der Waals surface area contributed by atoms with Crippen molar-refractivity contribution in [3.8, 4) is 5.75 Å². The molecule has 0 aromatic heterocycles. The molecule has 9 heteroatoms. The number of amides is 1. The minimum absolute atomic E-state index is 0.0190. The standard InChI is InChI=1S/C21H18N4O5/c1-13(26)19(21(27)22-16-9-5-6-10-18(16)30-2)23-24-20-15-8-4-3-7-14(15)11-12-17(20)25(28)29/h3-12,19H,1-2H3,(H,22,27). The lowest BCUT2D eigenvalue weighted by Gasteiger charge is -2.12. The molecule has 1 unspecified atom stereocenters. The van der Waals surface area contributed by atoms with Gasteiger partial charge in [-0.25, -0.2) is 0 Å². The fourth-order valence-electron chi connectivity index (χ4n) is 2.88. The number of Topliss-reactive ketones (excluding diaryl/α,β-unsaturated/α-hetero) is 1. The number of carbonyl (C=O) groups excluding carboxylic acids is 2. The Balaban J connectivity index is 1.97. The summed E-state index contributed by atoms with van der Waals surface area (Å²) in [7, 11) is 1.45. The van der Waals surface area contributed by atoms with Gasteiger partial charge in [-0.3, -0.25) is 19.7 Å². The maximum absolute atomic E-state index is 12.7. The van der Waals surface area contributed by atoms with Gasteiger partial charge < -0.3 is 10.1 Å². The van der Waals surface area contributed by atoms with Crippen molar-refractivity contribution in [3.05, 3.63) is 70.8 Å². The molecule has 0 spiro atoms. The third-order valence-corrected chi connectivity index (χ3v) is 4.35. The first-order valence-corrected chi connectivity index (χ1v) is 8.93. The summed E-state index contributed by atoms with van der Waals surface area (Å²) in [5.74, 6) is -0.873. The number of fused-ring (bicyclic) bond motifs is 1. The Kier molecular flexibility index (Phi) is 6.11. The highest BCUT2D eigenvalue weighted by atomic mass is 16.6. The number of rotatable bonds is 7. The van der Waals surface area contributed by atoms with E-state index in [0.29, 0.717) is 16.8 Å². The van der Waals surface area contributed by atoms with Crippen LogP contribution in [0, 0.1) is 10.1 Å². The van der Waals surface area contributed by atoms with Gasteiger partial charge in [0.15, 0.2) is 11.5 Å². The second-order valence-corrected chi connectivity index (χ2v) is 6.33. The molecule has 0 saturated heterocycles. The average molecular weight is 406 g/mol. The predicted octanol–water partition coefficient (Wildman–Crippen LogP) is 4.44. The molecule has 0 aliphatic carbocycles. The number of para-hydroxylation sites is 2. The first-order valence-electron chi connectivity index (χ1n) is 8.93. The first kappa shape index (κ1) is 20.6. The van der Waals surface area contributed by atoms with E-state index in [1.165, 1.54) is 20.1 Å².